The smallest absolute Gasteiger partial charge is 0.334 e. The van der Waals surface area contributed by atoms with E-state index in [0.29, 0.717) is 37.3 Å². The highest BCUT2D eigenvalue weighted by Gasteiger charge is 2.38. The minimum Gasteiger partial charge on any atom is -0.381 e. The van der Waals surface area contributed by atoms with E-state index in [-0.39, 0.29) is 11.8 Å². The van der Waals surface area contributed by atoms with Crippen molar-refractivity contribution in [2.75, 3.05) is 22.8 Å². The summed E-state index contributed by atoms with van der Waals surface area (Å²) in [5.41, 5.74) is 7.00. The number of rotatable bonds is 6. The van der Waals surface area contributed by atoms with Crippen molar-refractivity contribution in [1.82, 2.24) is 9.88 Å². The van der Waals surface area contributed by atoms with Crippen molar-refractivity contribution in [3.63, 3.8) is 0 Å². The van der Waals surface area contributed by atoms with Crippen molar-refractivity contribution >= 4 is 27.8 Å². The molecule has 0 radical (unpaired) electrons. The maximum absolute atomic E-state index is 13.7. The SMILES string of the molecule is Cc1c(C(C)C)noc1N(C1CCOCC1)S(=O)(=O)NC(=O)Nc1c2c(cc3c1CCC3)CCC2. The first-order valence-electron chi connectivity index (χ1n) is 12.6. The first kappa shape index (κ1) is 24.1. The summed E-state index contributed by atoms with van der Waals surface area (Å²) in [5.74, 6) is 0.229. The molecule has 1 aromatic heterocycles. The lowest BCUT2D eigenvalue weighted by Crippen LogP contribution is -2.51. The Morgan fingerprint density at radius 1 is 1.09 bits per heavy atom. The van der Waals surface area contributed by atoms with Gasteiger partial charge < -0.3 is 14.6 Å². The van der Waals surface area contributed by atoms with Crippen molar-refractivity contribution < 1.29 is 22.5 Å². The van der Waals surface area contributed by atoms with E-state index in [2.05, 4.69) is 21.3 Å². The standard InChI is InChI=1S/C25H34N4O5S/c1-15(2)22-16(3)24(34-27-22)29(19-10-12-33-13-11-19)35(31,32)28-25(30)26-23-20-8-4-6-17(20)14-18-7-5-9-21(18)23/h14-15,19H,4-13H2,1-3H3,(H2,26,28,30). The Labute approximate surface area is 206 Å². The van der Waals surface area contributed by atoms with Gasteiger partial charge in [-0.2, -0.15) is 8.42 Å². The predicted octanol–water partition coefficient (Wildman–Crippen LogP) is 4.14. The largest absolute Gasteiger partial charge is 0.381 e. The van der Waals surface area contributed by atoms with E-state index in [4.69, 9.17) is 9.26 Å². The average Bonchev–Trinajstić information content (AvgIpc) is 3.54. The van der Waals surface area contributed by atoms with E-state index in [9.17, 15) is 13.2 Å². The van der Waals surface area contributed by atoms with Gasteiger partial charge in [0.05, 0.1) is 11.7 Å². The third-order valence-corrected chi connectivity index (χ3v) is 8.82. The Morgan fingerprint density at radius 2 is 1.71 bits per heavy atom. The van der Waals surface area contributed by atoms with Gasteiger partial charge in [0.25, 0.3) is 0 Å². The molecule has 0 spiro atoms. The van der Waals surface area contributed by atoms with Gasteiger partial charge in [-0.05, 0) is 86.5 Å². The summed E-state index contributed by atoms with van der Waals surface area (Å²) in [7, 11) is -4.28. The molecule has 0 unspecified atom stereocenters. The number of hydrogen-bond donors (Lipinski definition) is 2. The zero-order valence-corrected chi connectivity index (χ0v) is 21.5. The molecule has 35 heavy (non-hydrogen) atoms. The Kier molecular flexibility index (Phi) is 6.52. The zero-order valence-electron chi connectivity index (χ0n) is 20.6. The summed E-state index contributed by atoms with van der Waals surface area (Å²) >= 11 is 0. The molecule has 1 aliphatic heterocycles. The number of nitrogens with one attached hydrogen (secondary N) is 2. The Bertz CT molecular complexity index is 1200. The Balaban J connectivity index is 1.44. The number of carbonyl (C=O) groups is 1. The second-order valence-corrected chi connectivity index (χ2v) is 11.6. The van der Waals surface area contributed by atoms with Crippen LogP contribution < -0.4 is 14.3 Å². The lowest BCUT2D eigenvalue weighted by Gasteiger charge is -2.33. The molecular formula is C25H34N4O5S. The third kappa shape index (κ3) is 4.53. The van der Waals surface area contributed by atoms with Crippen molar-refractivity contribution in [3.05, 3.63) is 39.6 Å². The molecule has 2 aromatic rings. The van der Waals surface area contributed by atoms with E-state index in [1.807, 2.05) is 13.8 Å². The van der Waals surface area contributed by atoms with Crippen LogP contribution in [-0.2, 0) is 40.6 Å². The number of aryl methyl sites for hydroxylation is 2. The normalized spacial score (nSPS) is 17.9. The molecule has 2 N–H and O–H groups in total. The Morgan fingerprint density at radius 3 is 2.29 bits per heavy atom. The maximum Gasteiger partial charge on any atom is 0.334 e. The highest BCUT2D eigenvalue weighted by molar-refractivity contribution is 7.91. The van der Waals surface area contributed by atoms with E-state index >= 15 is 0 Å². The minimum absolute atomic E-state index is 0.0743. The van der Waals surface area contributed by atoms with Gasteiger partial charge in [0.2, 0.25) is 5.88 Å². The molecule has 0 bridgehead atoms. The molecule has 1 saturated heterocycles. The first-order valence-corrected chi connectivity index (χ1v) is 14.0. The number of nitrogens with zero attached hydrogens (tertiary/aromatic N) is 2. The van der Waals surface area contributed by atoms with Gasteiger partial charge >= 0.3 is 16.2 Å². The number of carbonyl (C=O) groups excluding carboxylic acids is 1. The fourth-order valence-electron chi connectivity index (χ4n) is 5.75. The van der Waals surface area contributed by atoms with Gasteiger partial charge in [0.15, 0.2) is 0 Å². The third-order valence-electron chi connectivity index (χ3n) is 7.40. The molecule has 0 atom stereocenters. The number of ether oxygens (including phenoxy) is 1. The van der Waals surface area contributed by atoms with Gasteiger partial charge in [-0.15, -0.1) is 0 Å². The van der Waals surface area contributed by atoms with Crippen LogP contribution in [0.25, 0.3) is 0 Å². The van der Waals surface area contributed by atoms with E-state index in [0.717, 1.165) is 55.3 Å². The fraction of sp³-hybridized carbons (Fsp3) is 0.600. The predicted molar refractivity (Wildman–Crippen MR) is 133 cm³/mol. The zero-order chi connectivity index (χ0) is 24.7. The van der Waals surface area contributed by atoms with Crippen molar-refractivity contribution in [3.8, 4) is 0 Å². The molecule has 190 valence electrons. The molecule has 5 rings (SSSR count). The van der Waals surface area contributed by atoms with Crippen LogP contribution in [-0.4, -0.2) is 38.9 Å². The van der Waals surface area contributed by atoms with Crippen molar-refractivity contribution in [2.24, 2.45) is 0 Å². The Hall–Kier alpha value is -2.59. The van der Waals surface area contributed by atoms with Crippen LogP contribution in [0.2, 0.25) is 0 Å². The summed E-state index contributed by atoms with van der Waals surface area (Å²) in [6, 6.07) is 1.12. The summed E-state index contributed by atoms with van der Waals surface area (Å²) in [6.45, 7) is 6.64. The van der Waals surface area contributed by atoms with Gasteiger partial charge in [0, 0.05) is 24.5 Å². The molecule has 9 nitrogen and oxygen atoms in total. The molecule has 1 aromatic carbocycles. The molecular weight excluding hydrogens is 468 g/mol. The quantitative estimate of drug-likeness (QED) is 0.614. The summed E-state index contributed by atoms with van der Waals surface area (Å²) in [5, 5.41) is 7.05. The monoisotopic (exact) mass is 502 g/mol. The van der Waals surface area contributed by atoms with Crippen molar-refractivity contribution in [2.45, 2.75) is 84.1 Å². The van der Waals surface area contributed by atoms with E-state index in [1.54, 1.807) is 6.92 Å². The minimum atomic E-state index is -4.28. The van der Waals surface area contributed by atoms with Gasteiger partial charge in [-0.1, -0.05) is 25.1 Å². The number of benzene rings is 1. The van der Waals surface area contributed by atoms with Crippen LogP contribution >= 0.6 is 0 Å². The number of anilines is 2. The van der Waals surface area contributed by atoms with Crippen LogP contribution in [0.3, 0.4) is 0 Å². The maximum atomic E-state index is 13.7. The summed E-state index contributed by atoms with van der Waals surface area (Å²) < 4.78 is 41.8. The summed E-state index contributed by atoms with van der Waals surface area (Å²) in [6.07, 6.45) is 6.89. The first-order chi connectivity index (χ1) is 16.8. The van der Waals surface area contributed by atoms with Crippen LogP contribution in [0.1, 0.15) is 79.0 Å². The molecule has 2 heterocycles. The van der Waals surface area contributed by atoms with Crippen LogP contribution in [0.15, 0.2) is 10.6 Å². The number of urea groups is 1. The second kappa shape index (κ2) is 9.46. The van der Waals surface area contributed by atoms with Crippen LogP contribution in [0.5, 0.6) is 0 Å². The van der Waals surface area contributed by atoms with Crippen molar-refractivity contribution in [1.29, 1.82) is 0 Å². The van der Waals surface area contributed by atoms with Gasteiger partial charge in [-0.3, -0.25) is 0 Å². The van der Waals surface area contributed by atoms with Gasteiger partial charge in [-0.25, -0.2) is 13.8 Å². The topological polar surface area (TPSA) is 114 Å². The number of hydrogen-bond acceptors (Lipinski definition) is 6. The number of aromatic nitrogens is 1. The highest BCUT2D eigenvalue weighted by atomic mass is 32.2. The highest BCUT2D eigenvalue weighted by Crippen LogP contribution is 2.39. The van der Waals surface area contributed by atoms with Crippen LogP contribution in [0.4, 0.5) is 16.4 Å². The lowest BCUT2D eigenvalue weighted by atomic mass is 9.99. The summed E-state index contributed by atoms with van der Waals surface area (Å²) in [4.78, 5) is 13.1. The molecule has 10 heteroatoms. The fourth-order valence-corrected chi connectivity index (χ4v) is 7.12. The molecule has 3 aliphatic rings. The molecule has 2 amide bonds. The van der Waals surface area contributed by atoms with E-state index < -0.39 is 22.3 Å². The number of fused-ring (bicyclic) bond motifs is 2. The number of amides is 2. The molecule has 0 saturated carbocycles. The lowest BCUT2D eigenvalue weighted by molar-refractivity contribution is 0.0867. The van der Waals surface area contributed by atoms with Gasteiger partial charge in [0.1, 0.15) is 0 Å². The van der Waals surface area contributed by atoms with Crippen LogP contribution in [0, 0.1) is 6.92 Å². The second-order valence-electron chi connectivity index (χ2n) is 10.1. The molecule has 1 fully saturated rings. The molecule has 2 aliphatic carbocycles. The average molecular weight is 503 g/mol. The van der Waals surface area contributed by atoms with E-state index in [1.165, 1.54) is 15.4 Å².